The van der Waals surface area contributed by atoms with E-state index in [1.165, 1.54) is 14.2 Å². The number of hydrogen-bond acceptors (Lipinski definition) is 7. The molecule has 0 radical (unpaired) electrons. The highest BCUT2D eigenvalue weighted by atomic mass is 16.6. The summed E-state index contributed by atoms with van der Waals surface area (Å²) in [5.74, 6) is 1.71. The summed E-state index contributed by atoms with van der Waals surface area (Å²) in [6, 6.07) is 8.63. The number of carbonyl (C=O) groups is 2. The van der Waals surface area contributed by atoms with E-state index in [4.69, 9.17) is 23.7 Å². The topological polar surface area (TPSA) is 95.6 Å². The zero-order valence-corrected chi connectivity index (χ0v) is 22.8. The summed E-state index contributed by atoms with van der Waals surface area (Å²) in [6.07, 6.45) is 3.26. The van der Waals surface area contributed by atoms with Gasteiger partial charge in [-0.3, -0.25) is 4.79 Å². The van der Waals surface area contributed by atoms with E-state index in [9.17, 15) is 9.59 Å². The van der Waals surface area contributed by atoms with Crippen molar-refractivity contribution in [2.24, 2.45) is 0 Å². The van der Waals surface area contributed by atoms with Crippen molar-refractivity contribution < 1.29 is 33.3 Å². The fraction of sp³-hybridized carbons (Fsp3) is 0.429. The van der Waals surface area contributed by atoms with Gasteiger partial charge in [-0.15, -0.1) is 0 Å². The van der Waals surface area contributed by atoms with E-state index in [1.807, 2.05) is 26.0 Å². The van der Waals surface area contributed by atoms with E-state index < -0.39 is 17.3 Å². The molecule has 1 heterocycles. The molecule has 9 nitrogen and oxygen atoms in total. The van der Waals surface area contributed by atoms with Gasteiger partial charge in [0, 0.05) is 24.8 Å². The second-order valence-electron chi connectivity index (χ2n) is 10.0. The van der Waals surface area contributed by atoms with Crippen molar-refractivity contribution in [3.8, 4) is 23.0 Å². The minimum absolute atomic E-state index is 0.152. The van der Waals surface area contributed by atoms with Crippen LogP contribution >= 0.6 is 0 Å². The Morgan fingerprint density at radius 1 is 1.00 bits per heavy atom. The molecule has 2 aromatic carbocycles. The molecule has 3 rings (SSSR count). The number of rotatable bonds is 8. The lowest BCUT2D eigenvalue weighted by molar-refractivity contribution is 0.0528. The molecular weight excluding hydrogens is 476 g/mol. The van der Waals surface area contributed by atoms with Gasteiger partial charge in [0.05, 0.1) is 32.5 Å². The zero-order valence-electron chi connectivity index (χ0n) is 22.8. The molecule has 0 bridgehead atoms. The van der Waals surface area contributed by atoms with Crippen molar-refractivity contribution in [2.45, 2.75) is 45.8 Å². The summed E-state index contributed by atoms with van der Waals surface area (Å²) in [6.45, 7) is 9.57. The van der Waals surface area contributed by atoms with Gasteiger partial charge in [0.15, 0.2) is 11.5 Å². The normalized spacial score (nSPS) is 13.6. The lowest BCUT2D eigenvalue weighted by atomic mass is 9.99. The Balaban J connectivity index is 1.97. The molecule has 0 saturated carbocycles. The molecule has 1 aliphatic heterocycles. The molecule has 0 aromatic heterocycles. The maximum absolute atomic E-state index is 14.0. The highest BCUT2D eigenvalue weighted by Crippen LogP contribution is 2.40. The van der Waals surface area contributed by atoms with E-state index in [1.54, 1.807) is 63.1 Å². The lowest BCUT2D eigenvalue weighted by Crippen LogP contribution is -2.40. The Hall–Kier alpha value is -3.88. The summed E-state index contributed by atoms with van der Waals surface area (Å²) in [5.41, 5.74) is 0.487. The standard InChI is InChI=1S/C28H36N2O7/c1-27(2,3)37-26(32)29-15-16-30(18-9-11-22(33-6)23(17-18)34-7)25(31)20-10-12-21-19(24(20)35-8)13-14-28(4,5)36-21/h9-14,17H,15-16H2,1-8H3,(H,29,32). The molecule has 2 aromatic rings. The molecule has 0 fully saturated rings. The Kier molecular flexibility index (Phi) is 8.25. The molecule has 0 unspecified atom stereocenters. The monoisotopic (exact) mass is 512 g/mol. The number of alkyl carbamates (subject to hydrolysis) is 1. The fourth-order valence-electron chi connectivity index (χ4n) is 3.89. The SMILES string of the molecule is COc1ccc(N(CCNC(=O)OC(C)(C)C)C(=O)c2ccc3c(c2OC)C=CC(C)(C)O3)cc1OC. The second-order valence-corrected chi connectivity index (χ2v) is 10.0. The number of anilines is 1. The summed E-state index contributed by atoms with van der Waals surface area (Å²) in [5, 5.41) is 2.71. The molecule has 1 aliphatic rings. The molecule has 1 N–H and O–H groups in total. The van der Waals surface area contributed by atoms with E-state index in [0.717, 1.165) is 0 Å². The fourth-order valence-corrected chi connectivity index (χ4v) is 3.89. The summed E-state index contributed by atoms with van der Waals surface area (Å²) in [4.78, 5) is 27.7. The van der Waals surface area contributed by atoms with Crippen LogP contribution in [0.4, 0.5) is 10.5 Å². The summed E-state index contributed by atoms with van der Waals surface area (Å²) < 4.78 is 27.8. The molecule has 0 aliphatic carbocycles. The van der Waals surface area contributed by atoms with Crippen LogP contribution < -0.4 is 29.2 Å². The van der Waals surface area contributed by atoms with Crippen molar-refractivity contribution in [1.29, 1.82) is 0 Å². The van der Waals surface area contributed by atoms with Gasteiger partial charge >= 0.3 is 6.09 Å². The van der Waals surface area contributed by atoms with Crippen molar-refractivity contribution in [3.05, 3.63) is 47.5 Å². The third-order valence-electron chi connectivity index (χ3n) is 5.54. The van der Waals surface area contributed by atoms with Crippen LogP contribution in [0.15, 0.2) is 36.4 Å². The largest absolute Gasteiger partial charge is 0.495 e. The highest BCUT2D eigenvalue weighted by molar-refractivity contribution is 6.09. The number of amides is 2. The molecule has 37 heavy (non-hydrogen) atoms. The third kappa shape index (κ3) is 6.67. The first-order valence-corrected chi connectivity index (χ1v) is 12.0. The van der Waals surface area contributed by atoms with Gasteiger partial charge < -0.3 is 33.9 Å². The molecule has 0 saturated heterocycles. The zero-order chi connectivity index (χ0) is 27.4. The Morgan fingerprint density at radius 2 is 1.70 bits per heavy atom. The number of ether oxygens (including phenoxy) is 5. The summed E-state index contributed by atoms with van der Waals surface area (Å²) in [7, 11) is 4.59. The van der Waals surface area contributed by atoms with Crippen molar-refractivity contribution in [3.63, 3.8) is 0 Å². The van der Waals surface area contributed by atoms with Crippen molar-refractivity contribution >= 4 is 23.8 Å². The molecule has 9 heteroatoms. The number of nitrogens with zero attached hydrogens (tertiary/aromatic N) is 1. The Morgan fingerprint density at radius 3 is 2.32 bits per heavy atom. The number of carbonyl (C=O) groups excluding carboxylic acids is 2. The third-order valence-corrected chi connectivity index (χ3v) is 5.54. The minimum atomic E-state index is -0.635. The van der Waals surface area contributed by atoms with E-state index >= 15 is 0 Å². The van der Waals surface area contributed by atoms with E-state index in [-0.39, 0.29) is 19.0 Å². The van der Waals surface area contributed by atoms with Gasteiger partial charge in [0.25, 0.3) is 5.91 Å². The predicted octanol–water partition coefficient (Wildman–Crippen LogP) is 5.07. The number of hydrogen-bond donors (Lipinski definition) is 1. The highest BCUT2D eigenvalue weighted by Gasteiger charge is 2.29. The van der Waals surface area contributed by atoms with E-state index in [0.29, 0.717) is 39.8 Å². The van der Waals surface area contributed by atoms with Gasteiger partial charge in [-0.05, 0) is 71.0 Å². The predicted molar refractivity (Wildman–Crippen MR) is 142 cm³/mol. The second kappa shape index (κ2) is 11.0. The van der Waals surface area contributed by atoms with Gasteiger partial charge in [-0.2, -0.15) is 0 Å². The number of benzene rings is 2. The molecule has 2 amide bonds. The van der Waals surface area contributed by atoms with Crippen LogP contribution in [0.25, 0.3) is 6.08 Å². The van der Waals surface area contributed by atoms with Gasteiger partial charge in [-0.1, -0.05) is 0 Å². The Labute approximate surface area is 218 Å². The van der Waals surface area contributed by atoms with Crippen LogP contribution in [0.2, 0.25) is 0 Å². The maximum atomic E-state index is 14.0. The summed E-state index contributed by atoms with van der Waals surface area (Å²) >= 11 is 0. The Bertz CT molecular complexity index is 1180. The smallest absolute Gasteiger partial charge is 0.407 e. The average molecular weight is 513 g/mol. The first-order chi connectivity index (χ1) is 17.4. The quantitative estimate of drug-likeness (QED) is 0.528. The lowest BCUT2D eigenvalue weighted by Gasteiger charge is -2.30. The molecule has 0 atom stereocenters. The van der Waals surface area contributed by atoms with Crippen molar-refractivity contribution in [2.75, 3.05) is 39.3 Å². The minimum Gasteiger partial charge on any atom is -0.495 e. The van der Waals surface area contributed by atoms with Gasteiger partial charge in [-0.25, -0.2) is 4.79 Å². The van der Waals surface area contributed by atoms with Crippen LogP contribution in [0.3, 0.4) is 0 Å². The molecule has 0 spiro atoms. The number of methoxy groups -OCH3 is 3. The van der Waals surface area contributed by atoms with Crippen LogP contribution in [0.1, 0.15) is 50.5 Å². The van der Waals surface area contributed by atoms with Crippen LogP contribution in [0, 0.1) is 0 Å². The van der Waals surface area contributed by atoms with Crippen LogP contribution in [-0.2, 0) is 4.74 Å². The van der Waals surface area contributed by atoms with E-state index in [2.05, 4.69) is 5.32 Å². The van der Waals surface area contributed by atoms with Gasteiger partial charge in [0.2, 0.25) is 0 Å². The van der Waals surface area contributed by atoms with Crippen LogP contribution in [0.5, 0.6) is 23.0 Å². The first-order valence-electron chi connectivity index (χ1n) is 12.0. The van der Waals surface area contributed by atoms with Crippen LogP contribution in [-0.4, -0.2) is 57.6 Å². The van der Waals surface area contributed by atoms with Gasteiger partial charge in [0.1, 0.15) is 22.7 Å². The maximum Gasteiger partial charge on any atom is 0.407 e. The number of fused-ring (bicyclic) bond motifs is 1. The molecular formula is C28H36N2O7. The van der Waals surface area contributed by atoms with Crippen molar-refractivity contribution in [1.82, 2.24) is 5.32 Å². The average Bonchev–Trinajstić information content (AvgIpc) is 2.83. The molecule has 200 valence electrons. The number of nitrogens with one attached hydrogen (secondary N) is 1. The first kappa shape index (κ1) is 27.7.